The highest BCUT2D eigenvalue weighted by atomic mass is 16.5. The largest absolute Gasteiger partial charge is 0.491 e. The van der Waals surface area contributed by atoms with Gasteiger partial charge in [-0.3, -0.25) is 0 Å². The number of aromatic nitrogens is 1. The maximum Gasteiger partial charge on any atom is 0.256 e. The first-order valence-corrected chi connectivity index (χ1v) is 5.72. The van der Waals surface area contributed by atoms with Crippen molar-refractivity contribution < 1.29 is 9.47 Å². The van der Waals surface area contributed by atoms with Crippen molar-refractivity contribution in [3.63, 3.8) is 0 Å². The van der Waals surface area contributed by atoms with E-state index in [9.17, 15) is 0 Å². The van der Waals surface area contributed by atoms with Gasteiger partial charge in [0, 0.05) is 6.20 Å². The third-order valence-electron chi connectivity index (χ3n) is 2.88. The highest BCUT2D eigenvalue weighted by Gasteiger charge is 2.14. The molecule has 16 heavy (non-hydrogen) atoms. The molecule has 1 unspecified atom stereocenters. The molecular formula is C12H18N2O2. The lowest BCUT2D eigenvalue weighted by Crippen LogP contribution is -2.12. The molecule has 1 N–H and O–H groups in total. The van der Waals surface area contributed by atoms with Gasteiger partial charge in [0.25, 0.3) is 5.88 Å². The van der Waals surface area contributed by atoms with E-state index in [0.29, 0.717) is 18.2 Å². The summed E-state index contributed by atoms with van der Waals surface area (Å²) < 4.78 is 10.8. The number of nitrogens with zero attached hydrogens (tertiary/aromatic N) is 1. The predicted octanol–water partition coefficient (Wildman–Crippen LogP) is 1.47. The van der Waals surface area contributed by atoms with Crippen LogP contribution in [0.5, 0.6) is 11.6 Å². The van der Waals surface area contributed by atoms with Crippen LogP contribution in [0.4, 0.5) is 0 Å². The molecule has 0 radical (unpaired) electrons. The average Bonchev–Trinajstić information content (AvgIpc) is 2.83. The summed E-state index contributed by atoms with van der Waals surface area (Å²) in [6.45, 7) is 2.96. The van der Waals surface area contributed by atoms with Gasteiger partial charge in [-0.2, -0.15) is 0 Å². The molecule has 88 valence electrons. The second-order valence-electron chi connectivity index (χ2n) is 4.01. The van der Waals surface area contributed by atoms with Crippen molar-refractivity contribution in [3.8, 4) is 11.6 Å². The van der Waals surface area contributed by atoms with Gasteiger partial charge in [0.15, 0.2) is 5.75 Å². The summed E-state index contributed by atoms with van der Waals surface area (Å²) in [5, 5.41) is 3.35. The minimum atomic E-state index is 0.593. The molecule has 4 nitrogen and oxygen atoms in total. The normalized spacial score (nSPS) is 19.7. The van der Waals surface area contributed by atoms with Crippen LogP contribution in [-0.2, 0) is 0 Å². The molecule has 2 heterocycles. The number of nitrogens with one attached hydrogen (secondary N) is 1. The standard InChI is InChI=1S/C12H18N2O2/c1-15-11-3-2-6-14-12(11)16-8-5-10-4-7-13-9-10/h2-3,6,10,13H,4-5,7-9H2,1H3. The van der Waals surface area contributed by atoms with E-state index in [-0.39, 0.29) is 0 Å². The molecule has 1 saturated heterocycles. The number of ether oxygens (including phenoxy) is 2. The van der Waals surface area contributed by atoms with Crippen LogP contribution in [0.25, 0.3) is 0 Å². The first-order chi connectivity index (χ1) is 7.90. The van der Waals surface area contributed by atoms with E-state index in [1.165, 1.54) is 6.42 Å². The quantitative estimate of drug-likeness (QED) is 0.819. The van der Waals surface area contributed by atoms with Crippen LogP contribution in [0.1, 0.15) is 12.8 Å². The van der Waals surface area contributed by atoms with Crippen LogP contribution >= 0.6 is 0 Å². The minimum absolute atomic E-state index is 0.593. The zero-order chi connectivity index (χ0) is 11.2. The summed E-state index contributed by atoms with van der Waals surface area (Å²) in [7, 11) is 1.63. The van der Waals surface area contributed by atoms with Crippen molar-refractivity contribution in [2.75, 3.05) is 26.8 Å². The summed E-state index contributed by atoms with van der Waals surface area (Å²) in [5.74, 6) is 2.04. The Kier molecular flexibility index (Phi) is 3.99. The van der Waals surface area contributed by atoms with E-state index >= 15 is 0 Å². The molecule has 1 aromatic heterocycles. The highest BCUT2D eigenvalue weighted by molar-refractivity contribution is 5.32. The van der Waals surface area contributed by atoms with Crippen molar-refractivity contribution in [2.24, 2.45) is 5.92 Å². The molecule has 0 bridgehead atoms. The lowest BCUT2D eigenvalue weighted by Gasteiger charge is -2.11. The summed E-state index contributed by atoms with van der Waals surface area (Å²) in [4.78, 5) is 4.15. The van der Waals surface area contributed by atoms with Gasteiger partial charge in [-0.1, -0.05) is 0 Å². The smallest absolute Gasteiger partial charge is 0.256 e. The molecule has 0 aromatic carbocycles. The molecule has 1 aromatic rings. The van der Waals surface area contributed by atoms with Crippen molar-refractivity contribution in [3.05, 3.63) is 18.3 Å². The number of methoxy groups -OCH3 is 1. The minimum Gasteiger partial charge on any atom is -0.491 e. The Labute approximate surface area is 96.0 Å². The van der Waals surface area contributed by atoms with Gasteiger partial charge in [0.2, 0.25) is 0 Å². The van der Waals surface area contributed by atoms with Crippen LogP contribution in [0.2, 0.25) is 0 Å². The lowest BCUT2D eigenvalue weighted by atomic mass is 10.1. The monoisotopic (exact) mass is 222 g/mol. The molecule has 4 heteroatoms. The van der Waals surface area contributed by atoms with Gasteiger partial charge >= 0.3 is 0 Å². The Bertz CT molecular complexity index is 325. The summed E-state index contributed by atoms with van der Waals surface area (Å²) in [5.41, 5.74) is 0. The maximum absolute atomic E-state index is 5.63. The molecule has 2 rings (SSSR count). The van der Waals surface area contributed by atoms with Gasteiger partial charge in [0.1, 0.15) is 0 Å². The Hall–Kier alpha value is -1.29. The summed E-state index contributed by atoms with van der Waals surface area (Å²) >= 11 is 0. The van der Waals surface area contributed by atoms with Crippen LogP contribution in [0.3, 0.4) is 0 Å². The van der Waals surface area contributed by atoms with Crippen molar-refractivity contribution >= 4 is 0 Å². The summed E-state index contributed by atoms with van der Waals surface area (Å²) in [6.07, 6.45) is 4.05. The molecule has 1 aliphatic heterocycles. The Morgan fingerprint density at radius 2 is 2.50 bits per heavy atom. The zero-order valence-corrected chi connectivity index (χ0v) is 9.61. The topological polar surface area (TPSA) is 43.4 Å². The van der Waals surface area contributed by atoms with Gasteiger partial charge in [-0.25, -0.2) is 4.98 Å². The second-order valence-corrected chi connectivity index (χ2v) is 4.01. The van der Waals surface area contributed by atoms with Crippen molar-refractivity contribution in [2.45, 2.75) is 12.8 Å². The van der Waals surface area contributed by atoms with Crippen LogP contribution in [0.15, 0.2) is 18.3 Å². The van der Waals surface area contributed by atoms with Gasteiger partial charge in [0.05, 0.1) is 13.7 Å². The number of hydrogen-bond donors (Lipinski definition) is 1. The fourth-order valence-corrected chi connectivity index (χ4v) is 1.92. The Balaban J connectivity index is 1.79. The van der Waals surface area contributed by atoms with Crippen molar-refractivity contribution in [1.29, 1.82) is 0 Å². The molecule has 1 fully saturated rings. The van der Waals surface area contributed by atoms with Crippen LogP contribution in [0, 0.1) is 5.92 Å². The molecule has 0 aliphatic carbocycles. The van der Waals surface area contributed by atoms with E-state index in [4.69, 9.17) is 9.47 Å². The highest BCUT2D eigenvalue weighted by Crippen LogP contribution is 2.23. The fourth-order valence-electron chi connectivity index (χ4n) is 1.92. The third-order valence-corrected chi connectivity index (χ3v) is 2.88. The zero-order valence-electron chi connectivity index (χ0n) is 9.61. The predicted molar refractivity (Wildman–Crippen MR) is 61.9 cm³/mol. The molecular weight excluding hydrogens is 204 g/mol. The Morgan fingerprint density at radius 1 is 1.56 bits per heavy atom. The average molecular weight is 222 g/mol. The van der Waals surface area contributed by atoms with Crippen molar-refractivity contribution in [1.82, 2.24) is 10.3 Å². The molecule has 0 amide bonds. The first-order valence-electron chi connectivity index (χ1n) is 5.72. The third kappa shape index (κ3) is 2.85. The van der Waals surface area contributed by atoms with Crippen LogP contribution < -0.4 is 14.8 Å². The molecule has 0 spiro atoms. The van der Waals surface area contributed by atoms with E-state index in [0.717, 1.165) is 25.4 Å². The second kappa shape index (κ2) is 5.70. The summed E-state index contributed by atoms with van der Waals surface area (Å²) in [6, 6.07) is 3.70. The first kappa shape index (κ1) is 11.2. The van der Waals surface area contributed by atoms with Gasteiger partial charge < -0.3 is 14.8 Å². The molecule has 1 atom stereocenters. The van der Waals surface area contributed by atoms with Gasteiger partial charge in [-0.05, 0) is 44.0 Å². The fraction of sp³-hybridized carbons (Fsp3) is 0.583. The Morgan fingerprint density at radius 3 is 3.25 bits per heavy atom. The number of hydrogen-bond acceptors (Lipinski definition) is 4. The maximum atomic E-state index is 5.63. The van der Waals surface area contributed by atoms with Gasteiger partial charge in [-0.15, -0.1) is 0 Å². The van der Waals surface area contributed by atoms with E-state index < -0.39 is 0 Å². The number of rotatable bonds is 5. The molecule has 0 saturated carbocycles. The van der Waals surface area contributed by atoms with E-state index in [1.807, 2.05) is 12.1 Å². The SMILES string of the molecule is COc1cccnc1OCCC1CCNC1. The molecule has 1 aliphatic rings. The number of pyridine rings is 1. The van der Waals surface area contributed by atoms with E-state index in [1.54, 1.807) is 13.3 Å². The lowest BCUT2D eigenvalue weighted by molar-refractivity contribution is 0.258. The van der Waals surface area contributed by atoms with Crippen LogP contribution in [-0.4, -0.2) is 31.8 Å². The van der Waals surface area contributed by atoms with E-state index in [2.05, 4.69) is 10.3 Å².